The predicted octanol–water partition coefficient (Wildman–Crippen LogP) is 4.43. The van der Waals surface area contributed by atoms with Crippen molar-refractivity contribution >= 4 is 34.6 Å². The number of carbonyl (C=O) groups is 1. The lowest BCUT2D eigenvalue weighted by molar-refractivity contribution is -0.111. The summed E-state index contributed by atoms with van der Waals surface area (Å²) in [4.78, 5) is 31.6. The number of hydrogen-bond donors (Lipinski definition) is 2. The van der Waals surface area contributed by atoms with Gasteiger partial charge >= 0.3 is 0 Å². The van der Waals surface area contributed by atoms with Crippen LogP contribution in [-0.4, -0.2) is 79.9 Å². The van der Waals surface area contributed by atoms with Gasteiger partial charge in [0.2, 0.25) is 5.91 Å². The highest BCUT2D eigenvalue weighted by atomic mass is 19.1. The summed E-state index contributed by atoms with van der Waals surface area (Å²) in [7, 11) is 1.58. The van der Waals surface area contributed by atoms with Crippen molar-refractivity contribution in [2.45, 2.75) is 24.9 Å². The van der Waals surface area contributed by atoms with Gasteiger partial charge in [0, 0.05) is 56.3 Å². The third-order valence-electron chi connectivity index (χ3n) is 8.19. The number of hydroxylamine groups is 1. The summed E-state index contributed by atoms with van der Waals surface area (Å²) in [5, 5.41) is 7.68. The number of halogens is 2. The van der Waals surface area contributed by atoms with E-state index in [4.69, 9.17) is 14.3 Å². The van der Waals surface area contributed by atoms with Crippen molar-refractivity contribution in [2.24, 2.45) is 0 Å². The molecule has 44 heavy (non-hydrogen) atoms. The van der Waals surface area contributed by atoms with Gasteiger partial charge in [-0.2, -0.15) is 0 Å². The molecule has 0 saturated carbocycles. The molecule has 0 aliphatic carbocycles. The van der Waals surface area contributed by atoms with E-state index in [0.29, 0.717) is 47.8 Å². The lowest BCUT2D eigenvalue weighted by Gasteiger charge is -2.32. The molecule has 1 amide bonds. The van der Waals surface area contributed by atoms with Crippen LogP contribution in [0.4, 0.5) is 37.5 Å². The highest BCUT2D eigenvalue weighted by molar-refractivity contribution is 6.02. The predicted molar refractivity (Wildman–Crippen MR) is 162 cm³/mol. The molecule has 13 heteroatoms. The van der Waals surface area contributed by atoms with Gasteiger partial charge in [0.25, 0.3) is 0 Å². The van der Waals surface area contributed by atoms with Gasteiger partial charge in [-0.1, -0.05) is 6.58 Å². The van der Waals surface area contributed by atoms with Crippen molar-refractivity contribution in [2.75, 3.05) is 73.7 Å². The Kier molecular flexibility index (Phi) is 8.87. The van der Waals surface area contributed by atoms with Crippen molar-refractivity contribution in [3.05, 3.63) is 72.6 Å². The summed E-state index contributed by atoms with van der Waals surface area (Å²) in [5.74, 6) is -0.0624. The largest absolute Gasteiger partial charge is 0.494 e. The van der Waals surface area contributed by atoms with E-state index in [1.807, 2.05) is 6.07 Å². The fourth-order valence-corrected chi connectivity index (χ4v) is 6.00. The van der Waals surface area contributed by atoms with Gasteiger partial charge in [-0.25, -0.2) is 23.8 Å². The minimum Gasteiger partial charge on any atom is -0.494 e. The van der Waals surface area contributed by atoms with Gasteiger partial charge in [0.15, 0.2) is 5.82 Å². The smallest absolute Gasteiger partial charge is 0.247 e. The molecule has 0 spiro atoms. The SMILES string of the molecule is C=CC(=O)Nc1cc(Nc2cc(N3OCCC3c3cc(F)ccc3F)ncn2)c(OC)cc1N1CCC(N2CCOCC2)C1. The van der Waals surface area contributed by atoms with Crippen molar-refractivity contribution < 1.29 is 27.9 Å². The molecule has 3 aliphatic heterocycles. The van der Waals surface area contributed by atoms with E-state index in [1.165, 1.54) is 23.5 Å². The third kappa shape index (κ3) is 6.30. The molecule has 3 fully saturated rings. The van der Waals surface area contributed by atoms with Crippen molar-refractivity contribution in [3.63, 3.8) is 0 Å². The second-order valence-electron chi connectivity index (χ2n) is 10.8. The Labute approximate surface area is 254 Å². The van der Waals surface area contributed by atoms with Crippen LogP contribution in [0.5, 0.6) is 5.75 Å². The molecule has 3 aliphatic rings. The number of hydrogen-bond acceptors (Lipinski definition) is 10. The number of morpholine rings is 1. The van der Waals surface area contributed by atoms with Crippen LogP contribution in [0.2, 0.25) is 0 Å². The van der Waals surface area contributed by atoms with Crippen LogP contribution in [0, 0.1) is 11.6 Å². The average molecular weight is 608 g/mol. The molecule has 2 unspecified atom stereocenters. The van der Waals surface area contributed by atoms with E-state index < -0.39 is 17.7 Å². The molecule has 2 N–H and O–H groups in total. The first kappa shape index (κ1) is 29.7. The summed E-state index contributed by atoms with van der Waals surface area (Å²) in [6, 6.07) is 8.55. The molecule has 0 bridgehead atoms. The Morgan fingerprint density at radius 1 is 1.07 bits per heavy atom. The zero-order valence-corrected chi connectivity index (χ0v) is 24.5. The molecule has 3 aromatic rings. The Hall–Kier alpha value is -4.33. The molecule has 2 aromatic carbocycles. The number of anilines is 5. The van der Waals surface area contributed by atoms with E-state index in [0.717, 1.165) is 63.6 Å². The maximum absolute atomic E-state index is 14.6. The molecule has 1 aromatic heterocycles. The maximum Gasteiger partial charge on any atom is 0.247 e. The van der Waals surface area contributed by atoms with E-state index in [2.05, 4.69) is 37.0 Å². The van der Waals surface area contributed by atoms with E-state index >= 15 is 0 Å². The van der Waals surface area contributed by atoms with Gasteiger partial charge in [-0.3, -0.25) is 14.5 Å². The Morgan fingerprint density at radius 3 is 2.70 bits per heavy atom. The van der Waals surface area contributed by atoms with Crippen LogP contribution >= 0.6 is 0 Å². The Bertz CT molecular complexity index is 1520. The van der Waals surface area contributed by atoms with E-state index in [-0.39, 0.29) is 11.5 Å². The van der Waals surface area contributed by atoms with Crippen molar-refractivity contribution in [1.29, 1.82) is 0 Å². The lowest BCUT2D eigenvalue weighted by Crippen LogP contribution is -2.44. The number of nitrogens with one attached hydrogen (secondary N) is 2. The highest BCUT2D eigenvalue weighted by Crippen LogP contribution is 2.41. The van der Waals surface area contributed by atoms with Crippen LogP contribution in [0.25, 0.3) is 0 Å². The summed E-state index contributed by atoms with van der Waals surface area (Å²) >= 11 is 0. The number of benzene rings is 2. The van der Waals surface area contributed by atoms with Gasteiger partial charge in [0.05, 0.1) is 50.0 Å². The molecule has 11 nitrogen and oxygen atoms in total. The number of ether oxygens (including phenoxy) is 2. The fraction of sp³-hybridized carbons (Fsp3) is 0.387. The van der Waals surface area contributed by atoms with Crippen LogP contribution in [0.3, 0.4) is 0 Å². The molecule has 4 heterocycles. The summed E-state index contributed by atoms with van der Waals surface area (Å²) < 4.78 is 39.9. The standard InChI is InChI=1S/C31H35F2N7O4/c1-3-31(41)37-24-15-25(28(42-2)16-27(24)39-8-6-21(18-39)38-9-12-43-13-10-38)36-29-17-30(35-19-34-29)40-26(7-11-44-40)22-14-20(32)4-5-23(22)33/h3-5,14-17,19,21,26H,1,6-13,18H2,2H3,(H,37,41)(H,34,35,36). The number of rotatable bonds is 9. The second kappa shape index (κ2) is 13.1. The summed E-state index contributed by atoms with van der Waals surface area (Å²) in [6.45, 7) is 8.85. The normalized spacial score (nSPS) is 20.5. The third-order valence-corrected chi connectivity index (χ3v) is 8.19. The molecule has 6 rings (SSSR count). The molecule has 0 radical (unpaired) electrons. The highest BCUT2D eigenvalue weighted by Gasteiger charge is 2.33. The van der Waals surface area contributed by atoms with Crippen LogP contribution in [0.15, 0.2) is 55.4 Å². The molecular weight excluding hydrogens is 572 g/mol. The van der Waals surface area contributed by atoms with Crippen LogP contribution in [-0.2, 0) is 14.4 Å². The molecule has 232 valence electrons. The van der Waals surface area contributed by atoms with Crippen molar-refractivity contribution in [3.8, 4) is 5.75 Å². The number of nitrogens with zero attached hydrogens (tertiary/aromatic N) is 5. The first-order valence-electron chi connectivity index (χ1n) is 14.6. The first-order chi connectivity index (χ1) is 21.4. The lowest BCUT2D eigenvalue weighted by atomic mass is 10.0. The molecular formula is C31H35F2N7O4. The van der Waals surface area contributed by atoms with Gasteiger partial charge in [-0.05, 0) is 36.8 Å². The fourth-order valence-electron chi connectivity index (χ4n) is 6.00. The number of amides is 1. The Balaban J connectivity index is 1.27. The average Bonchev–Trinajstić information content (AvgIpc) is 3.74. The van der Waals surface area contributed by atoms with Crippen LogP contribution in [0.1, 0.15) is 24.4 Å². The summed E-state index contributed by atoms with van der Waals surface area (Å²) in [6.07, 6.45) is 4.04. The summed E-state index contributed by atoms with van der Waals surface area (Å²) in [5.41, 5.74) is 2.18. The Morgan fingerprint density at radius 2 is 1.91 bits per heavy atom. The molecule has 3 saturated heterocycles. The minimum absolute atomic E-state index is 0.188. The topological polar surface area (TPSA) is 104 Å². The van der Waals surface area contributed by atoms with E-state index in [9.17, 15) is 13.6 Å². The first-order valence-corrected chi connectivity index (χ1v) is 14.6. The maximum atomic E-state index is 14.6. The number of carbonyl (C=O) groups excluding carboxylic acids is 1. The van der Waals surface area contributed by atoms with E-state index in [1.54, 1.807) is 19.2 Å². The number of aromatic nitrogens is 2. The van der Waals surface area contributed by atoms with Gasteiger partial charge in [-0.15, -0.1) is 0 Å². The molecule has 2 atom stereocenters. The van der Waals surface area contributed by atoms with Crippen molar-refractivity contribution in [1.82, 2.24) is 14.9 Å². The second-order valence-corrected chi connectivity index (χ2v) is 10.8. The monoisotopic (exact) mass is 607 g/mol. The van der Waals surface area contributed by atoms with Gasteiger partial charge < -0.3 is 25.0 Å². The number of methoxy groups -OCH3 is 1. The van der Waals surface area contributed by atoms with Gasteiger partial charge in [0.1, 0.15) is 29.5 Å². The minimum atomic E-state index is -0.565. The van der Waals surface area contributed by atoms with Crippen LogP contribution < -0.4 is 25.3 Å². The zero-order valence-electron chi connectivity index (χ0n) is 24.5. The quantitative estimate of drug-likeness (QED) is 0.340. The zero-order chi connectivity index (χ0) is 30.6.